The first kappa shape index (κ1) is 15.8. The lowest BCUT2D eigenvalue weighted by Crippen LogP contribution is -2.37. The van der Waals surface area contributed by atoms with Gasteiger partial charge in [0.1, 0.15) is 6.61 Å². The van der Waals surface area contributed by atoms with Gasteiger partial charge < -0.3 is 14.5 Å². The third-order valence-corrected chi connectivity index (χ3v) is 4.32. The molecule has 0 spiro atoms. The molecule has 0 aromatic heterocycles. The van der Waals surface area contributed by atoms with Crippen LogP contribution in [-0.4, -0.2) is 49.1 Å². The quantitative estimate of drug-likeness (QED) is 0.855. The number of hydrogen-bond acceptors (Lipinski definition) is 3. The molecule has 1 aromatic carbocycles. The smallest absolute Gasteiger partial charge is 0.410 e. The lowest BCUT2D eigenvalue weighted by Gasteiger charge is -2.27. The molecule has 1 aliphatic rings. The maximum Gasteiger partial charge on any atom is 0.410 e. The van der Waals surface area contributed by atoms with Crippen LogP contribution in [0.5, 0.6) is 0 Å². The van der Waals surface area contributed by atoms with Crippen molar-refractivity contribution in [2.24, 2.45) is 11.8 Å². The summed E-state index contributed by atoms with van der Waals surface area (Å²) >= 11 is 0. The Morgan fingerprint density at radius 3 is 2.48 bits per heavy atom. The number of rotatable bonds is 4. The first-order valence-corrected chi connectivity index (χ1v) is 7.61. The van der Waals surface area contributed by atoms with Crippen molar-refractivity contribution >= 4 is 6.09 Å². The summed E-state index contributed by atoms with van der Waals surface area (Å²) in [5.41, 5.74) is 1.02. The van der Waals surface area contributed by atoms with E-state index in [1.165, 1.54) is 0 Å². The van der Waals surface area contributed by atoms with Crippen molar-refractivity contribution in [3.63, 3.8) is 0 Å². The fraction of sp³-hybridized carbons (Fsp3) is 0.588. The van der Waals surface area contributed by atoms with Crippen molar-refractivity contribution in [2.75, 3.05) is 27.2 Å². The summed E-state index contributed by atoms with van der Waals surface area (Å²) in [7, 11) is 4.16. The van der Waals surface area contributed by atoms with Crippen molar-refractivity contribution in [3.8, 4) is 0 Å². The third-order valence-electron chi connectivity index (χ3n) is 4.32. The highest BCUT2D eigenvalue weighted by Gasteiger charge is 2.38. The zero-order valence-electron chi connectivity index (χ0n) is 13.5. The van der Waals surface area contributed by atoms with Crippen LogP contribution in [-0.2, 0) is 11.3 Å². The van der Waals surface area contributed by atoms with E-state index in [-0.39, 0.29) is 6.09 Å². The molecule has 1 saturated heterocycles. The monoisotopic (exact) mass is 290 g/mol. The van der Waals surface area contributed by atoms with E-state index in [1.54, 1.807) is 0 Å². The van der Waals surface area contributed by atoms with E-state index in [2.05, 4.69) is 32.8 Å². The summed E-state index contributed by atoms with van der Waals surface area (Å²) in [4.78, 5) is 16.3. The summed E-state index contributed by atoms with van der Waals surface area (Å²) in [6.45, 7) is 6.33. The SMILES string of the molecule is CC(C)[C@@H]1CN(C(=O)OCc2ccccc2)C[C@H]1N(C)C. The Kier molecular flexibility index (Phi) is 5.23. The van der Waals surface area contributed by atoms with Crippen molar-refractivity contribution < 1.29 is 9.53 Å². The van der Waals surface area contributed by atoms with Crippen LogP contribution >= 0.6 is 0 Å². The van der Waals surface area contributed by atoms with E-state index < -0.39 is 0 Å². The van der Waals surface area contributed by atoms with Crippen LogP contribution < -0.4 is 0 Å². The second kappa shape index (κ2) is 6.94. The summed E-state index contributed by atoms with van der Waals surface area (Å²) in [5, 5.41) is 0. The van der Waals surface area contributed by atoms with Crippen LogP contribution in [0.15, 0.2) is 30.3 Å². The van der Waals surface area contributed by atoms with Gasteiger partial charge in [-0.1, -0.05) is 44.2 Å². The van der Waals surface area contributed by atoms with Crippen molar-refractivity contribution in [3.05, 3.63) is 35.9 Å². The molecule has 2 rings (SSSR count). The molecule has 0 radical (unpaired) electrons. The number of likely N-dealkylation sites (tertiary alicyclic amines) is 1. The summed E-state index contributed by atoms with van der Waals surface area (Å²) in [6, 6.07) is 10.2. The van der Waals surface area contributed by atoms with Gasteiger partial charge in [0.25, 0.3) is 0 Å². The zero-order chi connectivity index (χ0) is 15.4. The first-order valence-electron chi connectivity index (χ1n) is 7.61. The Labute approximate surface area is 127 Å². The summed E-state index contributed by atoms with van der Waals surface area (Å²) in [6.07, 6.45) is -0.200. The normalized spacial score (nSPS) is 22.1. The van der Waals surface area contributed by atoms with E-state index in [4.69, 9.17) is 4.74 Å². The van der Waals surface area contributed by atoms with Crippen LogP contribution in [0.1, 0.15) is 19.4 Å². The average Bonchev–Trinajstić information content (AvgIpc) is 2.91. The molecule has 2 atom stereocenters. The Bertz CT molecular complexity index is 443. The number of nitrogens with zero attached hydrogens (tertiary/aromatic N) is 2. The molecule has 4 heteroatoms. The number of likely N-dealkylation sites (N-methyl/N-ethyl adjacent to an activating group) is 1. The standard InChI is InChI=1S/C17H26N2O2/c1-13(2)15-10-19(11-16(15)18(3)4)17(20)21-12-14-8-6-5-7-9-14/h5-9,13,15-16H,10-12H2,1-4H3/t15-,16+/m0/s1. The van der Waals surface area contributed by atoms with Gasteiger partial charge in [-0.25, -0.2) is 4.79 Å². The van der Waals surface area contributed by atoms with Crippen LogP contribution in [0.4, 0.5) is 4.79 Å². The molecule has 1 aromatic rings. The van der Waals surface area contributed by atoms with Crippen LogP contribution in [0.2, 0.25) is 0 Å². The van der Waals surface area contributed by atoms with Crippen molar-refractivity contribution in [1.82, 2.24) is 9.80 Å². The predicted molar refractivity (Wildman–Crippen MR) is 84.0 cm³/mol. The molecule has 0 saturated carbocycles. The average molecular weight is 290 g/mol. The van der Waals surface area contributed by atoms with E-state index >= 15 is 0 Å². The Morgan fingerprint density at radius 1 is 1.29 bits per heavy atom. The van der Waals surface area contributed by atoms with E-state index in [0.717, 1.165) is 18.7 Å². The maximum atomic E-state index is 12.2. The molecule has 21 heavy (non-hydrogen) atoms. The van der Waals surface area contributed by atoms with Gasteiger partial charge in [0.05, 0.1) is 0 Å². The van der Waals surface area contributed by atoms with E-state index in [1.807, 2.05) is 35.2 Å². The van der Waals surface area contributed by atoms with Gasteiger partial charge in [0.15, 0.2) is 0 Å². The van der Waals surface area contributed by atoms with E-state index in [9.17, 15) is 4.79 Å². The van der Waals surface area contributed by atoms with Gasteiger partial charge in [0.2, 0.25) is 0 Å². The second-order valence-electron chi connectivity index (χ2n) is 6.38. The third kappa shape index (κ3) is 3.97. The Balaban J connectivity index is 1.91. The predicted octanol–water partition coefficient (Wildman–Crippen LogP) is 2.84. The first-order chi connectivity index (χ1) is 9.99. The maximum absolute atomic E-state index is 12.2. The number of hydrogen-bond donors (Lipinski definition) is 0. The van der Waals surface area contributed by atoms with Crippen molar-refractivity contribution in [2.45, 2.75) is 26.5 Å². The number of carbonyl (C=O) groups excluding carboxylic acids is 1. The van der Waals surface area contributed by atoms with Gasteiger partial charge >= 0.3 is 6.09 Å². The summed E-state index contributed by atoms with van der Waals surface area (Å²) in [5.74, 6) is 1.06. The minimum absolute atomic E-state index is 0.200. The minimum atomic E-state index is -0.200. The van der Waals surface area contributed by atoms with Crippen molar-refractivity contribution in [1.29, 1.82) is 0 Å². The molecule has 0 aliphatic carbocycles. The topological polar surface area (TPSA) is 32.8 Å². The lowest BCUT2D eigenvalue weighted by atomic mass is 9.91. The minimum Gasteiger partial charge on any atom is -0.445 e. The molecular weight excluding hydrogens is 264 g/mol. The highest BCUT2D eigenvalue weighted by atomic mass is 16.6. The zero-order valence-corrected chi connectivity index (χ0v) is 13.5. The van der Waals surface area contributed by atoms with Gasteiger partial charge in [-0.15, -0.1) is 0 Å². The van der Waals surface area contributed by atoms with Crippen LogP contribution in [0, 0.1) is 11.8 Å². The van der Waals surface area contributed by atoms with E-state index in [0.29, 0.717) is 24.5 Å². The fourth-order valence-corrected chi connectivity index (χ4v) is 2.97. The molecule has 116 valence electrons. The number of benzene rings is 1. The van der Waals surface area contributed by atoms with Crippen LogP contribution in [0.25, 0.3) is 0 Å². The molecule has 0 N–H and O–H groups in total. The Morgan fingerprint density at radius 2 is 1.95 bits per heavy atom. The number of ether oxygens (including phenoxy) is 1. The molecule has 1 aliphatic heterocycles. The van der Waals surface area contributed by atoms with Gasteiger partial charge in [-0.2, -0.15) is 0 Å². The molecule has 1 heterocycles. The second-order valence-corrected chi connectivity index (χ2v) is 6.38. The molecular formula is C17H26N2O2. The molecule has 0 bridgehead atoms. The van der Waals surface area contributed by atoms with Gasteiger partial charge in [-0.05, 0) is 31.5 Å². The largest absolute Gasteiger partial charge is 0.445 e. The highest BCUT2D eigenvalue weighted by molar-refractivity contribution is 5.68. The van der Waals surface area contributed by atoms with Gasteiger partial charge in [-0.3, -0.25) is 0 Å². The Hall–Kier alpha value is -1.55. The van der Waals surface area contributed by atoms with Crippen LogP contribution in [0.3, 0.4) is 0 Å². The van der Waals surface area contributed by atoms with Gasteiger partial charge in [0, 0.05) is 19.1 Å². The summed E-state index contributed by atoms with van der Waals surface area (Å²) < 4.78 is 5.44. The number of carbonyl (C=O) groups is 1. The molecule has 1 amide bonds. The lowest BCUT2D eigenvalue weighted by molar-refractivity contribution is 0.101. The fourth-order valence-electron chi connectivity index (χ4n) is 2.97. The molecule has 0 unspecified atom stereocenters. The molecule has 4 nitrogen and oxygen atoms in total. The highest BCUT2D eigenvalue weighted by Crippen LogP contribution is 2.27. The molecule has 1 fully saturated rings. The number of amides is 1.